The first-order chi connectivity index (χ1) is 10.7. The molecule has 4 N–H and O–H groups in total. The number of H-pyrrole nitrogens is 1. The van der Waals surface area contributed by atoms with Crippen LogP contribution in [0.3, 0.4) is 0 Å². The predicted molar refractivity (Wildman–Crippen MR) is 72.7 cm³/mol. The van der Waals surface area contributed by atoms with Crippen LogP contribution in [0.5, 0.6) is 0 Å². The number of aromatic nitrogens is 2. The Bertz CT molecular complexity index is 782. The van der Waals surface area contributed by atoms with Gasteiger partial charge in [-0.1, -0.05) is 0 Å². The Hall–Kier alpha value is -1.33. The van der Waals surface area contributed by atoms with Gasteiger partial charge >= 0.3 is 13.5 Å². The number of aromatic amines is 1. The molecule has 0 amide bonds. The van der Waals surface area contributed by atoms with E-state index in [1.165, 1.54) is 13.1 Å². The number of nitrogens with zero attached hydrogens (tertiary/aromatic N) is 1. The monoisotopic (exact) mass is 350 g/mol. The molecule has 0 spiro atoms. The molecule has 2 aliphatic rings. The van der Waals surface area contributed by atoms with E-state index in [0.717, 1.165) is 4.57 Å². The number of phosphoric acid groups is 1. The van der Waals surface area contributed by atoms with Gasteiger partial charge in [-0.2, -0.15) is 0 Å². The minimum Gasteiger partial charge on any atom is -0.393 e. The van der Waals surface area contributed by atoms with E-state index >= 15 is 0 Å². The molecule has 3 rings (SSSR count). The largest absolute Gasteiger partial charge is 0.470 e. The number of nitrogens with one attached hydrogen (secondary N) is 1. The van der Waals surface area contributed by atoms with E-state index in [4.69, 9.17) is 23.8 Å². The summed E-state index contributed by atoms with van der Waals surface area (Å²) in [7, 11) is -4.87. The SMILES string of the molecule is Cc1cn([C@@H]2O[C@@]3(CO)COC2[C@@H]3OP(=O)(O)O)c(=O)[nH]c1=O. The van der Waals surface area contributed by atoms with Gasteiger partial charge in [-0.3, -0.25) is 18.9 Å². The third-order valence-corrected chi connectivity index (χ3v) is 4.41. The van der Waals surface area contributed by atoms with Gasteiger partial charge in [-0.25, -0.2) is 9.36 Å². The summed E-state index contributed by atoms with van der Waals surface area (Å²) < 4.78 is 27.9. The molecule has 0 aliphatic carbocycles. The number of ether oxygens (including phenoxy) is 2. The van der Waals surface area contributed by atoms with Gasteiger partial charge < -0.3 is 24.4 Å². The molecule has 128 valence electrons. The van der Waals surface area contributed by atoms with E-state index in [2.05, 4.69) is 4.98 Å². The number of hydrogen-bond donors (Lipinski definition) is 4. The average Bonchev–Trinajstić information content (AvgIpc) is 2.93. The Labute approximate surface area is 128 Å². The van der Waals surface area contributed by atoms with E-state index < -0.39 is 49.7 Å². The third-order valence-electron chi connectivity index (χ3n) is 3.91. The highest BCUT2D eigenvalue weighted by molar-refractivity contribution is 7.46. The van der Waals surface area contributed by atoms with Crippen LogP contribution in [0.25, 0.3) is 0 Å². The van der Waals surface area contributed by atoms with Crippen molar-refractivity contribution in [3.63, 3.8) is 0 Å². The summed E-state index contributed by atoms with van der Waals surface area (Å²) in [5.74, 6) is 0. The first-order valence-corrected chi connectivity index (χ1v) is 8.16. The van der Waals surface area contributed by atoms with Crippen molar-refractivity contribution >= 4 is 7.82 Å². The fourth-order valence-electron chi connectivity index (χ4n) is 2.81. The molecule has 2 bridgehead atoms. The lowest BCUT2D eigenvalue weighted by atomic mass is 10.0. The van der Waals surface area contributed by atoms with Crippen LogP contribution in [0.1, 0.15) is 11.8 Å². The molecule has 0 radical (unpaired) electrons. The van der Waals surface area contributed by atoms with E-state index in [1.807, 2.05) is 0 Å². The topological polar surface area (TPSA) is 160 Å². The first-order valence-electron chi connectivity index (χ1n) is 6.63. The van der Waals surface area contributed by atoms with Gasteiger partial charge in [0.25, 0.3) is 5.56 Å². The van der Waals surface area contributed by atoms with Crippen molar-refractivity contribution in [2.45, 2.75) is 31.0 Å². The molecule has 2 saturated heterocycles. The number of aliphatic hydroxyl groups excluding tert-OH is 1. The van der Waals surface area contributed by atoms with Gasteiger partial charge in [0.2, 0.25) is 0 Å². The highest BCUT2D eigenvalue weighted by Gasteiger charge is 2.64. The molecule has 1 aromatic rings. The van der Waals surface area contributed by atoms with Crippen molar-refractivity contribution in [3.8, 4) is 0 Å². The maximum absolute atomic E-state index is 12.0. The van der Waals surface area contributed by atoms with Gasteiger partial charge in [0.15, 0.2) is 6.23 Å². The van der Waals surface area contributed by atoms with Gasteiger partial charge in [0, 0.05) is 11.8 Å². The highest BCUT2D eigenvalue weighted by atomic mass is 31.2. The molecule has 4 atom stereocenters. The van der Waals surface area contributed by atoms with Crippen molar-refractivity contribution in [2.24, 2.45) is 0 Å². The summed E-state index contributed by atoms with van der Waals surface area (Å²) >= 11 is 0. The fourth-order valence-corrected chi connectivity index (χ4v) is 3.42. The summed E-state index contributed by atoms with van der Waals surface area (Å²) in [6.45, 7) is 0.711. The predicted octanol–water partition coefficient (Wildman–Crippen LogP) is -2.02. The van der Waals surface area contributed by atoms with Crippen molar-refractivity contribution in [3.05, 3.63) is 32.6 Å². The number of phosphoric ester groups is 1. The van der Waals surface area contributed by atoms with E-state index in [1.54, 1.807) is 0 Å². The molecule has 3 heterocycles. The zero-order chi connectivity index (χ0) is 17.0. The van der Waals surface area contributed by atoms with Crippen LogP contribution < -0.4 is 11.2 Å². The third kappa shape index (κ3) is 2.70. The number of rotatable bonds is 4. The van der Waals surface area contributed by atoms with Crippen molar-refractivity contribution < 1.29 is 33.5 Å². The minimum atomic E-state index is -4.87. The first kappa shape index (κ1) is 16.5. The Kier molecular flexibility index (Phi) is 3.84. The number of aliphatic hydroxyl groups is 1. The lowest BCUT2D eigenvalue weighted by Crippen LogP contribution is -2.45. The standard InChI is InChI=1S/C11H15N2O9P/c1-5-2-13(10(16)12-8(5)15)9-6-7(22-23(17,18)19)11(3-14,21-9)4-20-6/h2,6-7,9,14H,3-4H2,1H3,(H,12,15,16)(H2,17,18,19)/t6?,7-,9+,11-/m0/s1. The molecule has 11 nitrogen and oxygen atoms in total. The van der Waals surface area contributed by atoms with Crippen LogP contribution in [0.15, 0.2) is 15.8 Å². The Morgan fingerprint density at radius 2 is 2.22 bits per heavy atom. The van der Waals surface area contributed by atoms with Crippen LogP contribution in [0.2, 0.25) is 0 Å². The van der Waals surface area contributed by atoms with E-state index in [0.29, 0.717) is 0 Å². The normalized spacial score (nSPS) is 33.3. The summed E-state index contributed by atoms with van der Waals surface area (Å²) in [5.41, 5.74) is -2.60. The molecule has 2 fully saturated rings. The number of aryl methyl sites for hydroxylation is 1. The Morgan fingerprint density at radius 1 is 1.52 bits per heavy atom. The maximum atomic E-state index is 12.0. The van der Waals surface area contributed by atoms with Crippen molar-refractivity contribution in [1.29, 1.82) is 0 Å². The number of fused-ring (bicyclic) bond motifs is 2. The quantitative estimate of drug-likeness (QED) is 0.449. The lowest BCUT2D eigenvalue weighted by Gasteiger charge is -2.29. The maximum Gasteiger partial charge on any atom is 0.470 e. The van der Waals surface area contributed by atoms with Crippen LogP contribution in [0, 0.1) is 6.92 Å². The van der Waals surface area contributed by atoms with E-state index in [9.17, 15) is 19.3 Å². The van der Waals surface area contributed by atoms with Gasteiger partial charge in [0.1, 0.15) is 17.8 Å². The van der Waals surface area contributed by atoms with Crippen molar-refractivity contribution in [2.75, 3.05) is 13.2 Å². The molecule has 2 aliphatic heterocycles. The minimum absolute atomic E-state index is 0.146. The van der Waals surface area contributed by atoms with Gasteiger partial charge in [-0.05, 0) is 6.92 Å². The Balaban J connectivity index is 2.02. The lowest BCUT2D eigenvalue weighted by molar-refractivity contribution is -0.187. The van der Waals surface area contributed by atoms with Crippen LogP contribution in [-0.2, 0) is 18.6 Å². The second-order valence-electron chi connectivity index (χ2n) is 5.50. The average molecular weight is 350 g/mol. The molecule has 23 heavy (non-hydrogen) atoms. The molecular formula is C11H15N2O9P. The molecule has 0 saturated carbocycles. The van der Waals surface area contributed by atoms with Crippen LogP contribution in [-0.4, -0.2) is 55.5 Å². The zero-order valence-corrected chi connectivity index (χ0v) is 12.8. The summed E-state index contributed by atoms with van der Waals surface area (Å²) in [5, 5.41) is 9.56. The zero-order valence-electron chi connectivity index (χ0n) is 11.9. The smallest absolute Gasteiger partial charge is 0.393 e. The summed E-state index contributed by atoms with van der Waals surface area (Å²) in [6.07, 6.45) is -2.15. The second kappa shape index (κ2) is 5.35. The fraction of sp³-hybridized carbons (Fsp3) is 0.636. The van der Waals surface area contributed by atoms with Crippen molar-refractivity contribution in [1.82, 2.24) is 9.55 Å². The molecular weight excluding hydrogens is 335 g/mol. The summed E-state index contributed by atoms with van der Waals surface area (Å²) in [6, 6.07) is 0. The summed E-state index contributed by atoms with van der Waals surface area (Å²) in [4.78, 5) is 43.5. The van der Waals surface area contributed by atoms with Crippen LogP contribution in [0.4, 0.5) is 0 Å². The molecule has 1 unspecified atom stereocenters. The molecule has 0 aromatic carbocycles. The second-order valence-corrected chi connectivity index (χ2v) is 6.69. The van der Waals surface area contributed by atoms with Gasteiger partial charge in [-0.15, -0.1) is 0 Å². The number of hydrogen-bond acceptors (Lipinski definition) is 7. The molecule has 1 aromatic heterocycles. The van der Waals surface area contributed by atoms with E-state index in [-0.39, 0.29) is 12.2 Å². The molecule has 12 heteroatoms. The van der Waals surface area contributed by atoms with Gasteiger partial charge in [0.05, 0.1) is 13.2 Å². The van der Waals surface area contributed by atoms with Crippen LogP contribution >= 0.6 is 7.82 Å². The Morgan fingerprint density at radius 3 is 2.83 bits per heavy atom. The highest BCUT2D eigenvalue weighted by Crippen LogP contribution is 2.51.